The fourth-order valence-electron chi connectivity index (χ4n) is 4.13. The first-order chi connectivity index (χ1) is 15.1. The van der Waals surface area contributed by atoms with Gasteiger partial charge in [-0.2, -0.15) is 5.26 Å². The highest BCUT2D eigenvalue weighted by molar-refractivity contribution is 7.92. The normalized spacial score (nSPS) is 17.5. The number of nitrogens with one attached hydrogen (secondary N) is 1. The second-order valence-corrected chi connectivity index (χ2v) is 10.7. The standard InChI is InChI=1S/C23H23ClN2O5S/c1-23(8-2-3-9-23)31-20-12-18(24)16(13-25)10-19(20)26-32(29,30)21-11-15(22(27)28)6-7-17(21)14-4-5-14/h6-7,10-12,14,26H,2-5,8-9H2,1H3,(H,27,28). The maximum Gasteiger partial charge on any atom is 0.335 e. The average molecular weight is 475 g/mol. The minimum absolute atomic E-state index is 0.0774. The number of rotatable bonds is 7. The van der Waals surface area contributed by atoms with Gasteiger partial charge >= 0.3 is 5.97 Å². The maximum atomic E-state index is 13.4. The summed E-state index contributed by atoms with van der Waals surface area (Å²) in [6.45, 7) is 1.96. The summed E-state index contributed by atoms with van der Waals surface area (Å²) in [5.74, 6) is -0.887. The predicted molar refractivity (Wildman–Crippen MR) is 120 cm³/mol. The third kappa shape index (κ3) is 4.54. The summed E-state index contributed by atoms with van der Waals surface area (Å²) in [6.07, 6.45) is 5.36. The van der Waals surface area contributed by atoms with Gasteiger partial charge in [0.2, 0.25) is 0 Å². The van der Waals surface area contributed by atoms with E-state index in [2.05, 4.69) is 4.72 Å². The van der Waals surface area contributed by atoms with Gasteiger partial charge in [0, 0.05) is 6.07 Å². The molecule has 168 valence electrons. The van der Waals surface area contributed by atoms with Crippen LogP contribution in [0.1, 0.15) is 72.9 Å². The Hall–Kier alpha value is -2.76. The van der Waals surface area contributed by atoms with Crippen LogP contribution in [-0.4, -0.2) is 25.1 Å². The van der Waals surface area contributed by atoms with Crippen LogP contribution in [0.2, 0.25) is 5.02 Å². The van der Waals surface area contributed by atoms with Gasteiger partial charge in [-0.25, -0.2) is 13.2 Å². The third-order valence-corrected chi connectivity index (χ3v) is 7.75. The van der Waals surface area contributed by atoms with Crippen LogP contribution in [0.3, 0.4) is 0 Å². The van der Waals surface area contributed by atoms with Gasteiger partial charge in [-0.05, 0) is 75.1 Å². The zero-order valence-electron chi connectivity index (χ0n) is 17.5. The first-order valence-corrected chi connectivity index (χ1v) is 12.3. The highest BCUT2D eigenvalue weighted by atomic mass is 35.5. The Balaban J connectivity index is 1.77. The van der Waals surface area contributed by atoms with E-state index < -0.39 is 21.6 Å². The molecular formula is C23H23ClN2O5S. The number of carboxylic acid groups (broad SMARTS) is 1. The number of carboxylic acids is 1. The summed E-state index contributed by atoms with van der Waals surface area (Å²) >= 11 is 6.21. The first-order valence-electron chi connectivity index (χ1n) is 10.4. The molecule has 2 saturated carbocycles. The number of ether oxygens (including phenoxy) is 1. The molecule has 2 aromatic carbocycles. The second kappa shape index (κ2) is 8.30. The molecule has 2 aliphatic rings. The van der Waals surface area contributed by atoms with Crippen molar-refractivity contribution in [1.82, 2.24) is 0 Å². The number of carbonyl (C=O) groups is 1. The molecule has 0 bridgehead atoms. The maximum absolute atomic E-state index is 13.4. The van der Waals surface area contributed by atoms with Gasteiger partial charge in [-0.3, -0.25) is 4.72 Å². The number of nitrogens with zero attached hydrogens (tertiary/aromatic N) is 1. The zero-order valence-corrected chi connectivity index (χ0v) is 19.1. The quantitative estimate of drug-likeness (QED) is 0.562. The first kappa shape index (κ1) is 22.4. The van der Waals surface area contributed by atoms with Gasteiger partial charge in [0.15, 0.2) is 0 Å². The summed E-state index contributed by atoms with van der Waals surface area (Å²) in [5.41, 5.74) is 0.220. The van der Waals surface area contributed by atoms with Gasteiger partial charge in [0.25, 0.3) is 10.0 Å². The largest absolute Gasteiger partial charge is 0.485 e. The van der Waals surface area contributed by atoms with Crippen molar-refractivity contribution in [2.24, 2.45) is 0 Å². The number of nitriles is 1. The summed E-state index contributed by atoms with van der Waals surface area (Å²) in [4.78, 5) is 11.4. The predicted octanol–water partition coefficient (Wildman–Crippen LogP) is 5.30. The van der Waals surface area contributed by atoms with Crippen LogP contribution < -0.4 is 9.46 Å². The molecule has 2 fully saturated rings. The smallest absolute Gasteiger partial charge is 0.335 e. The third-order valence-electron chi connectivity index (χ3n) is 6.02. The lowest BCUT2D eigenvalue weighted by Crippen LogP contribution is -2.29. The lowest BCUT2D eigenvalue weighted by atomic mass is 10.1. The van der Waals surface area contributed by atoms with E-state index in [9.17, 15) is 23.6 Å². The molecule has 0 unspecified atom stereocenters. The number of anilines is 1. The number of benzene rings is 2. The molecule has 9 heteroatoms. The van der Waals surface area contributed by atoms with Gasteiger partial charge in [-0.15, -0.1) is 0 Å². The molecule has 2 aliphatic carbocycles. The second-order valence-electron chi connectivity index (χ2n) is 8.64. The minimum atomic E-state index is -4.16. The molecule has 2 aromatic rings. The van der Waals surface area contributed by atoms with Crippen molar-refractivity contribution in [2.45, 2.75) is 61.9 Å². The van der Waals surface area contributed by atoms with Gasteiger partial charge < -0.3 is 9.84 Å². The number of hydrogen-bond donors (Lipinski definition) is 2. The molecule has 7 nitrogen and oxygen atoms in total. The zero-order chi connectivity index (χ0) is 23.1. The molecule has 0 saturated heterocycles. The molecule has 0 spiro atoms. The fraction of sp³-hybridized carbons (Fsp3) is 0.391. The Labute approximate surface area is 192 Å². The topological polar surface area (TPSA) is 116 Å². The van der Waals surface area contributed by atoms with E-state index >= 15 is 0 Å². The van der Waals surface area contributed by atoms with E-state index in [1.807, 2.05) is 13.0 Å². The lowest BCUT2D eigenvalue weighted by molar-refractivity contribution is 0.0696. The summed E-state index contributed by atoms with van der Waals surface area (Å²) < 4.78 is 35.5. The molecule has 0 atom stereocenters. The molecule has 0 amide bonds. The molecule has 0 aliphatic heterocycles. The van der Waals surface area contributed by atoms with Crippen LogP contribution in [0.15, 0.2) is 35.2 Å². The molecule has 0 heterocycles. The van der Waals surface area contributed by atoms with E-state index in [-0.39, 0.29) is 38.4 Å². The highest BCUT2D eigenvalue weighted by Crippen LogP contribution is 2.44. The van der Waals surface area contributed by atoms with Crippen LogP contribution in [0.4, 0.5) is 5.69 Å². The molecule has 0 aromatic heterocycles. The van der Waals surface area contributed by atoms with Crippen molar-refractivity contribution in [3.63, 3.8) is 0 Å². The molecular weight excluding hydrogens is 452 g/mol. The number of aromatic carboxylic acids is 1. The van der Waals surface area contributed by atoms with Crippen LogP contribution in [0, 0.1) is 11.3 Å². The Morgan fingerprint density at radius 3 is 2.53 bits per heavy atom. The monoisotopic (exact) mass is 474 g/mol. The molecule has 2 N–H and O–H groups in total. The van der Waals surface area contributed by atoms with E-state index in [4.69, 9.17) is 16.3 Å². The van der Waals surface area contributed by atoms with Gasteiger partial charge in [0.1, 0.15) is 17.4 Å². The summed E-state index contributed by atoms with van der Waals surface area (Å²) in [5, 5.41) is 18.9. The van der Waals surface area contributed by atoms with Gasteiger partial charge in [-0.1, -0.05) is 17.7 Å². The lowest BCUT2D eigenvalue weighted by Gasteiger charge is -2.27. The van der Waals surface area contributed by atoms with Crippen molar-refractivity contribution in [3.05, 3.63) is 52.0 Å². The number of hydrogen-bond acceptors (Lipinski definition) is 5. The molecule has 32 heavy (non-hydrogen) atoms. The molecule has 0 radical (unpaired) electrons. The fourth-order valence-corrected chi connectivity index (χ4v) is 5.71. The van der Waals surface area contributed by atoms with Crippen molar-refractivity contribution < 1.29 is 23.1 Å². The number of halogens is 1. The number of sulfonamides is 1. The molecule has 4 rings (SSSR count). The van der Waals surface area contributed by atoms with Crippen LogP contribution in [-0.2, 0) is 10.0 Å². The minimum Gasteiger partial charge on any atom is -0.485 e. The summed E-state index contributed by atoms with van der Waals surface area (Å²) in [7, 11) is -4.16. The van der Waals surface area contributed by atoms with Crippen LogP contribution in [0.5, 0.6) is 5.75 Å². The van der Waals surface area contributed by atoms with Crippen LogP contribution in [0.25, 0.3) is 0 Å². The summed E-state index contributed by atoms with van der Waals surface area (Å²) in [6, 6.07) is 8.92. The Bertz CT molecular complexity index is 1230. The van der Waals surface area contributed by atoms with E-state index in [1.165, 1.54) is 24.3 Å². The Kier molecular flexibility index (Phi) is 5.82. The van der Waals surface area contributed by atoms with E-state index in [0.29, 0.717) is 5.56 Å². The van der Waals surface area contributed by atoms with E-state index in [0.717, 1.165) is 38.5 Å². The van der Waals surface area contributed by atoms with Crippen molar-refractivity contribution >= 4 is 33.3 Å². The average Bonchev–Trinajstić information content (AvgIpc) is 3.50. The highest BCUT2D eigenvalue weighted by Gasteiger charge is 2.34. The SMILES string of the molecule is CC1(Oc2cc(Cl)c(C#N)cc2NS(=O)(=O)c2cc(C(=O)O)ccc2C2CC2)CCCC1. The Morgan fingerprint density at radius 2 is 1.94 bits per heavy atom. The van der Waals surface area contributed by atoms with Crippen LogP contribution >= 0.6 is 11.6 Å². The van der Waals surface area contributed by atoms with Gasteiger partial charge in [0.05, 0.1) is 26.7 Å². The van der Waals surface area contributed by atoms with Crippen molar-refractivity contribution in [1.29, 1.82) is 5.26 Å². The Morgan fingerprint density at radius 1 is 1.25 bits per heavy atom. The van der Waals surface area contributed by atoms with E-state index in [1.54, 1.807) is 6.07 Å². The van der Waals surface area contributed by atoms with Crippen molar-refractivity contribution in [3.8, 4) is 11.8 Å². The van der Waals surface area contributed by atoms with Crippen molar-refractivity contribution in [2.75, 3.05) is 4.72 Å².